The van der Waals surface area contributed by atoms with Crippen LogP contribution in [0.25, 0.3) is 0 Å². The molecular weight excluding hydrogens is 304 g/mol. The maximum Gasteiger partial charge on any atom is 0.330 e. The van der Waals surface area contributed by atoms with Crippen LogP contribution in [0.2, 0.25) is 0 Å². The number of Topliss-reactive ketones (excluding diaryl/α,β-unsaturated/α-hetero) is 1. The zero-order valence-electron chi connectivity index (χ0n) is 14.7. The van der Waals surface area contributed by atoms with Crippen molar-refractivity contribution in [1.82, 2.24) is 0 Å². The maximum atomic E-state index is 12.2. The Morgan fingerprint density at radius 3 is 2.75 bits per heavy atom. The molecule has 0 amide bonds. The van der Waals surface area contributed by atoms with Gasteiger partial charge in [-0.2, -0.15) is 0 Å². The van der Waals surface area contributed by atoms with Gasteiger partial charge in [-0.15, -0.1) is 0 Å². The lowest BCUT2D eigenvalue weighted by Gasteiger charge is -2.55. The molecule has 2 aliphatic heterocycles. The second kappa shape index (κ2) is 4.51. The molecule has 3 saturated carbocycles. The number of hydrogen-bond donors (Lipinski definition) is 0. The van der Waals surface area contributed by atoms with Crippen LogP contribution in [-0.2, 0) is 19.1 Å². The van der Waals surface area contributed by atoms with E-state index in [0.29, 0.717) is 30.1 Å². The number of esters is 1. The normalized spacial score (nSPS) is 54.6. The highest BCUT2D eigenvalue weighted by Crippen LogP contribution is 2.69. The minimum atomic E-state index is -0.215. The lowest BCUT2D eigenvalue weighted by Crippen LogP contribution is -2.55. The van der Waals surface area contributed by atoms with Gasteiger partial charge in [0.25, 0.3) is 0 Å². The standard InChI is InChI=1S/C20H26O4/c1-10(21)11-4-5-12-16-13(6-7-19(11,12)2)20(3)9-23-15(22)8-14(20)17-18(16)24-17/h8,11-13,16-18H,4-7,9H2,1-3H3/t11-,12+,13+,16+,17?,18+,19-,20-/m1/s1. The molecule has 130 valence electrons. The lowest BCUT2D eigenvalue weighted by molar-refractivity contribution is -0.148. The zero-order chi connectivity index (χ0) is 16.9. The lowest BCUT2D eigenvalue weighted by atomic mass is 9.48. The van der Waals surface area contributed by atoms with Crippen molar-refractivity contribution in [2.24, 2.45) is 34.5 Å². The third kappa shape index (κ3) is 1.68. The average molecular weight is 330 g/mol. The summed E-state index contributed by atoms with van der Waals surface area (Å²) >= 11 is 0. The highest BCUT2D eigenvalue weighted by atomic mass is 16.6. The number of epoxide rings is 1. The monoisotopic (exact) mass is 330 g/mol. The summed E-state index contributed by atoms with van der Waals surface area (Å²) in [4.78, 5) is 23.9. The second-order valence-electron chi connectivity index (χ2n) is 9.22. The van der Waals surface area contributed by atoms with Crippen LogP contribution in [0.1, 0.15) is 46.5 Å². The molecule has 4 nitrogen and oxygen atoms in total. The smallest absolute Gasteiger partial charge is 0.330 e. The Morgan fingerprint density at radius 1 is 1.21 bits per heavy atom. The molecule has 1 unspecified atom stereocenters. The Morgan fingerprint density at radius 2 is 2.00 bits per heavy atom. The van der Waals surface area contributed by atoms with Gasteiger partial charge in [0, 0.05) is 17.4 Å². The van der Waals surface area contributed by atoms with Crippen LogP contribution in [0.15, 0.2) is 11.6 Å². The van der Waals surface area contributed by atoms with E-state index in [4.69, 9.17) is 9.47 Å². The van der Waals surface area contributed by atoms with Gasteiger partial charge in [-0.3, -0.25) is 4.79 Å². The first kappa shape index (κ1) is 15.1. The van der Waals surface area contributed by atoms with Crippen LogP contribution in [-0.4, -0.2) is 30.6 Å². The first-order valence-electron chi connectivity index (χ1n) is 9.41. The van der Waals surface area contributed by atoms with E-state index in [9.17, 15) is 9.59 Å². The Hall–Kier alpha value is -1.16. The maximum absolute atomic E-state index is 12.2. The summed E-state index contributed by atoms with van der Waals surface area (Å²) in [6, 6.07) is 0. The Kier molecular flexibility index (Phi) is 2.84. The molecule has 0 N–H and O–H groups in total. The van der Waals surface area contributed by atoms with Crippen LogP contribution >= 0.6 is 0 Å². The Labute approximate surface area is 143 Å². The van der Waals surface area contributed by atoms with Crippen molar-refractivity contribution in [3.05, 3.63) is 11.6 Å². The van der Waals surface area contributed by atoms with Gasteiger partial charge in [-0.05, 0) is 61.3 Å². The number of ketones is 1. The number of fused-ring (bicyclic) bond motifs is 8. The molecule has 0 spiro atoms. The van der Waals surface area contributed by atoms with Gasteiger partial charge in [0.2, 0.25) is 0 Å². The fourth-order valence-electron chi connectivity index (χ4n) is 7.10. The molecule has 5 rings (SSSR count). The van der Waals surface area contributed by atoms with E-state index in [0.717, 1.165) is 25.7 Å². The van der Waals surface area contributed by atoms with Crippen LogP contribution < -0.4 is 0 Å². The number of rotatable bonds is 1. The summed E-state index contributed by atoms with van der Waals surface area (Å²) in [7, 11) is 0. The van der Waals surface area contributed by atoms with Crippen molar-refractivity contribution in [3.63, 3.8) is 0 Å². The predicted octanol–water partition coefficient (Wildman–Crippen LogP) is 2.90. The molecule has 4 fully saturated rings. The third-order valence-electron chi connectivity index (χ3n) is 8.30. The van der Waals surface area contributed by atoms with Gasteiger partial charge in [-0.25, -0.2) is 4.79 Å². The van der Waals surface area contributed by atoms with E-state index in [-0.39, 0.29) is 34.9 Å². The molecule has 0 aromatic carbocycles. The van der Waals surface area contributed by atoms with Crippen molar-refractivity contribution < 1.29 is 19.1 Å². The van der Waals surface area contributed by atoms with Gasteiger partial charge < -0.3 is 9.47 Å². The molecule has 0 bridgehead atoms. The van der Waals surface area contributed by atoms with E-state index >= 15 is 0 Å². The van der Waals surface area contributed by atoms with Crippen molar-refractivity contribution >= 4 is 11.8 Å². The number of carbonyl (C=O) groups excluding carboxylic acids is 2. The first-order valence-corrected chi connectivity index (χ1v) is 9.41. The van der Waals surface area contributed by atoms with Crippen LogP contribution in [0, 0.1) is 34.5 Å². The molecule has 5 aliphatic rings. The molecule has 3 aliphatic carbocycles. The highest BCUT2D eigenvalue weighted by Gasteiger charge is 2.69. The minimum Gasteiger partial charge on any atom is -0.462 e. The average Bonchev–Trinajstić information content (AvgIpc) is 3.23. The van der Waals surface area contributed by atoms with Gasteiger partial charge in [0.1, 0.15) is 18.5 Å². The van der Waals surface area contributed by atoms with Crippen molar-refractivity contribution in [2.75, 3.05) is 6.61 Å². The molecule has 0 radical (unpaired) electrons. The molecular formula is C20H26O4. The second-order valence-corrected chi connectivity index (χ2v) is 9.22. The van der Waals surface area contributed by atoms with Gasteiger partial charge >= 0.3 is 5.97 Å². The number of hydrogen-bond acceptors (Lipinski definition) is 4. The van der Waals surface area contributed by atoms with Crippen molar-refractivity contribution in [1.29, 1.82) is 0 Å². The summed E-state index contributed by atoms with van der Waals surface area (Å²) in [5, 5.41) is 0. The highest BCUT2D eigenvalue weighted by molar-refractivity contribution is 5.84. The van der Waals surface area contributed by atoms with E-state index < -0.39 is 0 Å². The summed E-state index contributed by atoms with van der Waals surface area (Å²) in [5.74, 6) is 1.95. The van der Waals surface area contributed by atoms with Gasteiger partial charge in [0.15, 0.2) is 0 Å². The van der Waals surface area contributed by atoms with E-state index in [2.05, 4.69) is 13.8 Å². The molecule has 2 heterocycles. The topological polar surface area (TPSA) is 55.9 Å². The van der Waals surface area contributed by atoms with E-state index in [1.165, 1.54) is 5.57 Å². The molecule has 0 aromatic rings. The third-order valence-corrected chi connectivity index (χ3v) is 8.30. The minimum absolute atomic E-state index is 0.0775. The molecule has 8 atom stereocenters. The quantitative estimate of drug-likeness (QED) is 0.548. The van der Waals surface area contributed by atoms with E-state index in [1.807, 2.05) is 0 Å². The molecule has 4 heteroatoms. The van der Waals surface area contributed by atoms with Crippen molar-refractivity contribution in [3.8, 4) is 0 Å². The van der Waals surface area contributed by atoms with Crippen LogP contribution in [0.3, 0.4) is 0 Å². The fraction of sp³-hybridized carbons (Fsp3) is 0.800. The summed E-state index contributed by atoms with van der Waals surface area (Å²) in [6.07, 6.45) is 6.47. The summed E-state index contributed by atoms with van der Waals surface area (Å²) in [5.41, 5.74) is 1.23. The Bertz CT molecular complexity index is 667. The van der Waals surface area contributed by atoms with Crippen molar-refractivity contribution in [2.45, 2.75) is 58.7 Å². The van der Waals surface area contributed by atoms with Crippen LogP contribution in [0.4, 0.5) is 0 Å². The first-order chi connectivity index (χ1) is 11.4. The predicted molar refractivity (Wildman–Crippen MR) is 87.0 cm³/mol. The molecule has 0 aromatic heterocycles. The largest absolute Gasteiger partial charge is 0.462 e. The Balaban J connectivity index is 1.55. The summed E-state index contributed by atoms with van der Waals surface area (Å²) in [6.45, 7) is 6.87. The molecule has 1 saturated heterocycles. The number of ether oxygens (including phenoxy) is 2. The number of cyclic esters (lactones) is 1. The fourth-order valence-corrected chi connectivity index (χ4v) is 7.10. The number of carbonyl (C=O) groups is 2. The van der Waals surface area contributed by atoms with Gasteiger partial charge in [0.05, 0.1) is 6.10 Å². The zero-order valence-corrected chi connectivity index (χ0v) is 14.7. The van der Waals surface area contributed by atoms with Gasteiger partial charge in [-0.1, -0.05) is 13.8 Å². The van der Waals surface area contributed by atoms with Crippen LogP contribution in [0.5, 0.6) is 0 Å². The summed E-state index contributed by atoms with van der Waals surface area (Å²) < 4.78 is 11.6. The van der Waals surface area contributed by atoms with E-state index in [1.54, 1.807) is 13.0 Å². The molecule has 24 heavy (non-hydrogen) atoms. The SMILES string of the molecule is CC(=O)[C@H]1CC[C@H]2[C@@H]3[C@@H]4OC4C4=CC(=O)OC[C@]4(C)[C@H]3CC[C@]12C.